The van der Waals surface area contributed by atoms with Gasteiger partial charge in [0.25, 0.3) is 0 Å². The Balaban J connectivity index is -0.0000000884. The van der Waals surface area contributed by atoms with Crippen molar-refractivity contribution in [1.29, 1.82) is 0 Å². The van der Waals surface area contributed by atoms with Crippen molar-refractivity contribution in [2.45, 2.75) is 664 Å². The van der Waals surface area contributed by atoms with E-state index in [-0.39, 0.29) is 290 Å². The van der Waals surface area contributed by atoms with Crippen molar-refractivity contribution in [2.24, 2.45) is 18.1 Å². The molecule has 0 aliphatic heterocycles. The van der Waals surface area contributed by atoms with Gasteiger partial charge in [-0.25, -0.2) is 0 Å². The fourth-order valence-corrected chi connectivity index (χ4v) is 74.6. The van der Waals surface area contributed by atoms with Crippen LogP contribution >= 0.6 is 117 Å². The van der Waals surface area contributed by atoms with Gasteiger partial charge in [-0.15, -0.1) is 0 Å². The van der Waals surface area contributed by atoms with Gasteiger partial charge in [-0.05, 0) is 136 Å². The van der Waals surface area contributed by atoms with Gasteiger partial charge >= 0.3 is 86.9 Å². The third kappa shape index (κ3) is 58.2. The smallest absolute Gasteiger partial charge is 2.00 e. The maximum Gasteiger partial charge on any atom is 4.00 e. The van der Waals surface area contributed by atoms with Gasteiger partial charge in [0.1, 0.15) is 0 Å². The third-order valence-corrected chi connectivity index (χ3v) is 92.1. The van der Waals surface area contributed by atoms with Gasteiger partial charge in [0, 0.05) is 104 Å². The molecule has 0 spiro atoms. The molecule has 150 heavy (non-hydrogen) atoms. The fraction of sp³-hybridized carbons (Fsp3) is 1.00. The number of rotatable bonds is 47. The van der Waals surface area contributed by atoms with E-state index in [2.05, 4.69) is 51.3 Å². The van der Waals surface area contributed by atoms with Crippen LogP contribution in [0.2, 0.25) is 0 Å². The van der Waals surface area contributed by atoms with Crippen LogP contribution in [0.5, 0.6) is 0 Å². The topological polar surface area (TPSA) is 517 Å². The number of nitrogens with zero attached hydrogens (tertiary/aromatic N) is 8. The zero-order valence-corrected chi connectivity index (χ0v) is 129. The molecule has 0 N–H and O–H groups in total. The van der Waals surface area contributed by atoms with Gasteiger partial charge in [-0.1, -0.05) is 512 Å². The van der Waals surface area contributed by atoms with Crippen molar-refractivity contribution in [3.63, 3.8) is 0 Å². The maximum atomic E-state index is 12.9. The van der Waals surface area contributed by atoms with E-state index >= 15 is 0 Å². The van der Waals surface area contributed by atoms with Gasteiger partial charge in [-0.3, -0.25) is 36.3 Å². The first-order chi connectivity index (χ1) is 62.8. The number of hydrogen-bond acceptors (Lipinski definition) is 16. The Bertz CT molecular complexity index is 3590. The maximum absolute atomic E-state index is 12.9. The number of unbranched alkanes of at least 4 members (excludes halogenated alkanes) is 3. The van der Waals surface area contributed by atoms with E-state index in [1.807, 2.05) is 443 Å². The Hall–Kier alpha value is 6.06. The molecule has 0 heterocycles. The molecule has 0 amide bonds. The van der Waals surface area contributed by atoms with Crippen LogP contribution in [0.15, 0.2) is 18.1 Å². The summed E-state index contributed by atoms with van der Waals surface area (Å²) >= 11 is 0. The zero-order valence-electron chi connectivity index (χ0n) is 108. The molecule has 0 rings (SSSR count). The van der Waals surface area contributed by atoms with E-state index < -0.39 is 117 Å². The number of hydrogen-bond donors (Lipinski definition) is 0. The van der Waals surface area contributed by atoms with Crippen molar-refractivity contribution >= 4 is 117 Å². The summed E-state index contributed by atoms with van der Waals surface area (Å²) in [5, 5.41) is 0. The summed E-state index contributed by atoms with van der Waals surface area (Å²) in [5.41, 5.74) is -1.09. The molecule has 0 bridgehead atoms. The van der Waals surface area contributed by atoms with Crippen LogP contribution in [-0.4, -0.2) is 181 Å². The molecule has 28 nitrogen and oxygen atoms in total. The Morgan fingerprint density at radius 3 is 0.253 bits per heavy atom. The molecular weight excluding hydrogens is 2340 g/mol. The first-order valence-corrected chi connectivity index (χ1v) is 83.0. The van der Waals surface area contributed by atoms with Crippen LogP contribution in [0.4, 0.5) is 0 Å². The first kappa shape index (κ1) is 194. The second-order valence-electron chi connectivity index (χ2n) is 48.2. The van der Waals surface area contributed by atoms with Crippen LogP contribution in [0.3, 0.4) is 0 Å². The summed E-state index contributed by atoms with van der Waals surface area (Å²) in [6.07, 6.45) is 5.54. The summed E-state index contributed by atoms with van der Waals surface area (Å²) in [6, 6.07) is 0. The molecule has 0 atom stereocenters. The Kier molecular flexibility index (Phi) is 108. The molecule has 902 valence electrons. The molecule has 0 aliphatic carbocycles. The third-order valence-electron chi connectivity index (χ3n) is 26.9. The second-order valence-corrected chi connectivity index (χ2v) is 108. The van der Waals surface area contributed by atoms with Gasteiger partial charge in [0.2, 0.25) is 0 Å². The average molecular weight is 2580 g/mol. The zero-order chi connectivity index (χ0) is 117. The van der Waals surface area contributed by atoms with Gasteiger partial charge in [-0.2, -0.15) is 0 Å². The standard InChI is InChI=1S/8C12H28NO2P2.C6H14.4O.4Ti/c8*1-9(2)16(14,10(3)4)13-17(15,11(5)6)12(7)8;1-3-5-6-4-2;;;;;;;;/h8*9-12H,1-8H3;3-6H2,1-2H3;;;;;;;;/q8*-1;;4*-2;4*+4. The van der Waals surface area contributed by atoms with Gasteiger partial charge in [0.05, 0.1) is 0 Å². The van der Waals surface area contributed by atoms with Gasteiger partial charge < -0.3 is 97.4 Å². The average Bonchev–Trinajstić information content (AvgIpc) is 0.827. The monoisotopic (exact) mass is 2580 g/mol. The predicted molar refractivity (Wildman–Crippen MR) is 659 cm³/mol. The van der Waals surface area contributed by atoms with E-state index in [0.717, 1.165) is 0 Å². The molecule has 0 saturated carbocycles. The van der Waals surface area contributed by atoms with Crippen LogP contribution in [0.1, 0.15) is 483 Å². The summed E-state index contributed by atoms with van der Waals surface area (Å²) in [7, 11) is -43.7. The van der Waals surface area contributed by atoms with E-state index in [4.69, 9.17) is 0 Å². The van der Waals surface area contributed by atoms with Crippen molar-refractivity contribution < 1.29 is 183 Å². The van der Waals surface area contributed by atoms with Crippen molar-refractivity contribution in [3.8, 4) is 0 Å². The summed E-state index contributed by atoms with van der Waals surface area (Å²) < 4.78 is 173. The van der Waals surface area contributed by atoms with E-state index in [9.17, 15) is 74.4 Å². The largest absolute Gasteiger partial charge is 4.00 e. The first-order valence-electron chi connectivity index (χ1n) is 54.2. The van der Waals surface area contributed by atoms with E-state index in [0.29, 0.717) is 0 Å². The van der Waals surface area contributed by atoms with Crippen LogP contribution < -0.4 is 19.6 Å². The van der Waals surface area contributed by atoms with E-state index in [1.165, 1.54) is 25.7 Å². The minimum absolute atomic E-state index is 0. The minimum atomic E-state index is -2.73. The van der Waals surface area contributed by atoms with Crippen LogP contribution in [0.25, 0.3) is 19.4 Å². The summed E-state index contributed by atoms with van der Waals surface area (Å²) in [5.74, 6) is 0. The summed E-state index contributed by atoms with van der Waals surface area (Å²) in [4.78, 5) is 69.4. The van der Waals surface area contributed by atoms with Crippen molar-refractivity contribution in [1.82, 2.24) is 0 Å². The Labute approximate surface area is 991 Å². The minimum Gasteiger partial charge on any atom is -2.00 e. The molecule has 0 aliphatic rings. The van der Waals surface area contributed by atoms with Crippen LogP contribution in [-0.2, 0) is 164 Å². The SMILES string of the molecule is CC(C)P(=O)(N=P([O-])(C(C)C)C(C)C)C(C)C.CC(C)P(=O)(N=P([O-])(C(C)C)C(C)C)C(C)C.CC(C)P(=O)(N=P([O-])(C(C)C)C(C)C)C(C)C.CC(C)P(=O)(N=P([O-])(C(C)C)C(C)C)C(C)C.CC(C)P(=O)([N-]P(=O)(C(C)C)C(C)C)C(C)C.CC(C)P(=O)([N-]P(=O)(C(C)C)C(C)C)C(C)C.CC(C)P(=O)([N-]P(=O)(C(C)C)C(C)C)C(C)C.CC(C)P(=O)([N-]P(=O)(C(C)C)C(C)C)C(C)C.CCCCCC.[O-2].[O-2].[O-2].[O-2].[Ti+4].[Ti+4].[Ti+4].[Ti+4]. The molecule has 0 saturated heterocycles. The predicted octanol–water partition coefficient (Wildman–Crippen LogP) is 41.8. The summed E-state index contributed by atoms with van der Waals surface area (Å²) in [6.45, 7) is 127. The van der Waals surface area contributed by atoms with E-state index in [1.54, 1.807) is 0 Å². The fourth-order valence-electron chi connectivity index (χ4n) is 15.1. The molecule has 0 aromatic heterocycles. The molecule has 0 fully saturated rings. The van der Waals surface area contributed by atoms with Crippen molar-refractivity contribution in [2.75, 3.05) is 0 Å². The molecular formula is C102H238N8O20P16Ti4. The van der Waals surface area contributed by atoms with Crippen molar-refractivity contribution in [3.05, 3.63) is 19.4 Å². The van der Waals surface area contributed by atoms with Gasteiger partial charge in [0.15, 0.2) is 29.2 Å². The molecule has 48 heteroatoms. The molecule has 0 unspecified atom stereocenters. The normalized spacial score (nSPS) is 13.3. The molecule has 0 radical (unpaired) electrons. The van der Waals surface area contributed by atoms with Crippen LogP contribution in [0, 0.1) is 0 Å². The molecule has 0 aromatic rings. The molecule has 0 aromatic carbocycles. The second kappa shape index (κ2) is 83.4. The Morgan fingerprint density at radius 1 is 0.147 bits per heavy atom. The Morgan fingerprint density at radius 2 is 0.213 bits per heavy atom. The quantitative estimate of drug-likeness (QED) is 0.0310.